The van der Waals surface area contributed by atoms with E-state index in [-0.39, 0.29) is 28.7 Å². The Kier molecular flexibility index (Phi) is 7.99. The number of hydrogen-bond acceptors (Lipinski definition) is 3. The van der Waals surface area contributed by atoms with Gasteiger partial charge in [-0.2, -0.15) is 0 Å². The molecule has 0 radical (unpaired) electrons. The molecule has 1 aromatic heterocycles. The van der Waals surface area contributed by atoms with Crippen LogP contribution >= 0.6 is 47.0 Å². The maximum absolute atomic E-state index is 12.9. The van der Waals surface area contributed by atoms with Gasteiger partial charge in [-0.1, -0.05) is 59.9 Å². The summed E-state index contributed by atoms with van der Waals surface area (Å²) in [5, 5.41) is 8.22. The lowest BCUT2D eigenvalue weighted by molar-refractivity contribution is -0.121. The Morgan fingerprint density at radius 2 is 1.83 bits per heavy atom. The van der Waals surface area contributed by atoms with E-state index >= 15 is 0 Å². The standard InChI is InChI=1S/C18H22Cl3N5O2S/c1-4-8-13(27)22-16(18(19,20)21)24-17(29)23-14-11(2)25(3)26(15(14)28)12-9-6-5-7-10-12/h5-7,9-10,16H,4,8H2,1-3H3,(H,22,27)(H2,23,24,29)/t16-/m1/s1. The third-order valence-electron chi connectivity index (χ3n) is 4.18. The molecular weight excluding hydrogens is 457 g/mol. The molecule has 1 aromatic carbocycles. The van der Waals surface area contributed by atoms with E-state index in [0.717, 1.165) is 0 Å². The molecule has 0 saturated carbocycles. The summed E-state index contributed by atoms with van der Waals surface area (Å²) in [6.07, 6.45) is -0.158. The van der Waals surface area contributed by atoms with Crippen LogP contribution in [0.5, 0.6) is 0 Å². The number of amides is 1. The van der Waals surface area contributed by atoms with E-state index in [1.54, 1.807) is 18.7 Å². The highest BCUT2D eigenvalue weighted by atomic mass is 35.6. The van der Waals surface area contributed by atoms with Crippen molar-refractivity contribution in [3.8, 4) is 5.69 Å². The Labute approximate surface area is 189 Å². The van der Waals surface area contributed by atoms with E-state index < -0.39 is 9.96 Å². The van der Waals surface area contributed by atoms with Gasteiger partial charge >= 0.3 is 0 Å². The number of halogens is 3. The number of alkyl halides is 3. The molecule has 0 fully saturated rings. The molecule has 2 rings (SSSR count). The van der Waals surface area contributed by atoms with Crippen molar-refractivity contribution in [3.05, 3.63) is 46.4 Å². The number of thiocarbonyl (C=S) groups is 1. The summed E-state index contributed by atoms with van der Waals surface area (Å²) in [7, 11) is 1.76. The normalized spacial score (nSPS) is 12.3. The van der Waals surface area contributed by atoms with Crippen LogP contribution in [0.25, 0.3) is 5.69 Å². The molecule has 0 aliphatic rings. The lowest BCUT2D eigenvalue weighted by Crippen LogP contribution is -2.56. The van der Waals surface area contributed by atoms with E-state index in [2.05, 4.69) is 16.0 Å². The molecule has 7 nitrogen and oxygen atoms in total. The lowest BCUT2D eigenvalue weighted by atomic mass is 10.3. The van der Waals surface area contributed by atoms with Gasteiger partial charge in [0.2, 0.25) is 9.70 Å². The van der Waals surface area contributed by atoms with Crippen molar-refractivity contribution < 1.29 is 4.79 Å². The van der Waals surface area contributed by atoms with Crippen molar-refractivity contribution in [1.29, 1.82) is 0 Å². The van der Waals surface area contributed by atoms with Crippen LogP contribution in [0.1, 0.15) is 25.5 Å². The second kappa shape index (κ2) is 9.84. The first-order valence-corrected chi connectivity index (χ1v) is 10.4. The van der Waals surface area contributed by atoms with Crippen LogP contribution in [0.2, 0.25) is 0 Å². The summed E-state index contributed by atoms with van der Waals surface area (Å²) in [6.45, 7) is 3.64. The topological polar surface area (TPSA) is 80.1 Å². The maximum atomic E-state index is 12.9. The summed E-state index contributed by atoms with van der Waals surface area (Å²) in [5.41, 5.74) is 1.35. The molecule has 1 heterocycles. The van der Waals surface area contributed by atoms with Crippen molar-refractivity contribution in [1.82, 2.24) is 20.0 Å². The fourth-order valence-corrected chi connectivity index (χ4v) is 3.20. The molecule has 1 amide bonds. The summed E-state index contributed by atoms with van der Waals surface area (Å²) in [5.74, 6) is -0.290. The molecule has 0 saturated heterocycles. The van der Waals surface area contributed by atoms with Crippen molar-refractivity contribution in [3.63, 3.8) is 0 Å². The predicted octanol–water partition coefficient (Wildman–Crippen LogP) is 3.38. The first-order valence-electron chi connectivity index (χ1n) is 8.83. The van der Waals surface area contributed by atoms with Gasteiger partial charge in [0.05, 0.1) is 11.4 Å². The van der Waals surface area contributed by atoms with Gasteiger partial charge in [0.15, 0.2) is 5.11 Å². The van der Waals surface area contributed by atoms with Gasteiger partial charge in [-0.3, -0.25) is 14.3 Å². The zero-order chi connectivity index (χ0) is 21.8. The largest absolute Gasteiger partial charge is 0.339 e. The summed E-state index contributed by atoms with van der Waals surface area (Å²) < 4.78 is 1.36. The Bertz CT molecular complexity index is 937. The molecule has 0 spiro atoms. The van der Waals surface area contributed by atoms with Gasteiger partial charge < -0.3 is 16.0 Å². The van der Waals surface area contributed by atoms with Crippen LogP contribution in [-0.2, 0) is 11.8 Å². The second-order valence-electron chi connectivity index (χ2n) is 6.33. The van der Waals surface area contributed by atoms with E-state index in [1.807, 2.05) is 37.3 Å². The number of para-hydroxylation sites is 1. The minimum absolute atomic E-state index is 0.0316. The molecule has 3 N–H and O–H groups in total. The molecule has 1 atom stereocenters. The number of carbonyl (C=O) groups is 1. The quantitative estimate of drug-likeness (QED) is 0.337. The number of carbonyl (C=O) groups excluding carboxylic acids is 1. The van der Waals surface area contributed by atoms with Gasteiger partial charge in [0.1, 0.15) is 11.9 Å². The highest BCUT2D eigenvalue weighted by Crippen LogP contribution is 2.29. The molecule has 11 heteroatoms. The van der Waals surface area contributed by atoms with Crippen molar-refractivity contribution >= 4 is 63.7 Å². The van der Waals surface area contributed by atoms with Gasteiger partial charge in [-0.15, -0.1) is 0 Å². The first-order chi connectivity index (χ1) is 13.6. The number of aromatic nitrogens is 2. The number of benzene rings is 1. The molecule has 158 valence electrons. The van der Waals surface area contributed by atoms with Crippen LogP contribution < -0.4 is 21.5 Å². The number of nitrogens with zero attached hydrogens (tertiary/aromatic N) is 2. The predicted molar refractivity (Wildman–Crippen MR) is 122 cm³/mol. The number of anilines is 1. The number of hydrogen-bond donors (Lipinski definition) is 3. The molecule has 29 heavy (non-hydrogen) atoms. The molecular formula is C18H22Cl3N5O2S. The molecule has 0 aliphatic carbocycles. The highest BCUT2D eigenvalue weighted by molar-refractivity contribution is 7.80. The van der Waals surface area contributed by atoms with Crippen LogP contribution in [0.3, 0.4) is 0 Å². The van der Waals surface area contributed by atoms with Gasteiger partial charge in [0.25, 0.3) is 5.56 Å². The van der Waals surface area contributed by atoms with Gasteiger partial charge in [-0.05, 0) is 37.7 Å². The molecule has 0 bridgehead atoms. The minimum Gasteiger partial charge on any atom is -0.339 e. The van der Waals surface area contributed by atoms with Crippen LogP contribution in [0.15, 0.2) is 35.1 Å². The van der Waals surface area contributed by atoms with E-state index in [1.165, 1.54) is 4.68 Å². The van der Waals surface area contributed by atoms with Gasteiger partial charge in [0, 0.05) is 13.5 Å². The highest BCUT2D eigenvalue weighted by Gasteiger charge is 2.34. The lowest BCUT2D eigenvalue weighted by Gasteiger charge is -2.27. The van der Waals surface area contributed by atoms with Crippen molar-refractivity contribution in [2.24, 2.45) is 7.05 Å². The van der Waals surface area contributed by atoms with E-state index in [0.29, 0.717) is 17.8 Å². The van der Waals surface area contributed by atoms with Gasteiger partial charge in [-0.25, -0.2) is 4.68 Å². The smallest absolute Gasteiger partial charge is 0.295 e. The first kappa shape index (κ1) is 23.5. The Balaban J connectivity index is 2.24. The Morgan fingerprint density at radius 1 is 1.21 bits per heavy atom. The fourth-order valence-electron chi connectivity index (χ4n) is 2.65. The molecule has 0 aliphatic heterocycles. The number of rotatable bonds is 6. The fraction of sp³-hybridized carbons (Fsp3) is 0.389. The zero-order valence-electron chi connectivity index (χ0n) is 16.1. The Hall–Kier alpha value is -1.74. The van der Waals surface area contributed by atoms with Crippen LogP contribution in [-0.4, -0.2) is 30.3 Å². The maximum Gasteiger partial charge on any atom is 0.295 e. The number of nitrogens with one attached hydrogen (secondary N) is 3. The molecule has 0 unspecified atom stereocenters. The molecule has 2 aromatic rings. The van der Waals surface area contributed by atoms with E-state index in [9.17, 15) is 9.59 Å². The minimum atomic E-state index is -1.86. The third-order valence-corrected chi connectivity index (χ3v) is 5.05. The van der Waals surface area contributed by atoms with Crippen LogP contribution in [0.4, 0.5) is 5.69 Å². The Morgan fingerprint density at radius 3 is 2.38 bits per heavy atom. The summed E-state index contributed by atoms with van der Waals surface area (Å²) in [4.78, 5) is 24.8. The summed E-state index contributed by atoms with van der Waals surface area (Å²) >= 11 is 23.2. The monoisotopic (exact) mass is 477 g/mol. The van der Waals surface area contributed by atoms with Crippen molar-refractivity contribution in [2.45, 2.75) is 36.6 Å². The average Bonchev–Trinajstić information content (AvgIpc) is 2.85. The van der Waals surface area contributed by atoms with Crippen molar-refractivity contribution in [2.75, 3.05) is 5.32 Å². The summed E-state index contributed by atoms with van der Waals surface area (Å²) in [6, 6.07) is 9.20. The average molecular weight is 479 g/mol. The SMILES string of the molecule is CCCC(=O)N[C@H](NC(=S)Nc1c(C)n(C)n(-c2ccccc2)c1=O)C(Cl)(Cl)Cl. The second-order valence-corrected chi connectivity index (χ2v) is 9.10. The van der Waals surface area contributed by atoms with Crippen LogP contribution in [0, 0.1) is 6.92 Å². The third kappa shape index (κ3) is 5.88. The zero-order valence-corrected chi connectivity index (χ0v) is 19.2. The van der Waals surface area contributed by atoms with E-state index in [4.69, 9.17) is 47.0 Å².